The number of hydrogen-bond acceptors (Lipinski definition) is 4. The molecule has 116 valence electrons. The third-order valence-corrected chi connectivity index (χ3v) is 5.75. The Hall–Kier alpha value is -2.05. The average molecular weight is 318 g/mol. The van der Waals surface area contributed by atoms with Crippen LogP contribution in [0.2, 0.25) is 0 Å². The average Bonchev–Trinajstić information content (AvgIpc) is 2.56. The summed E-state index contributed by atoms with van der Waals surface area (Å²) in [5.41, 5.74) is 0.995. The van der Waals surface area contributed by atoms with Crippen LogP contribution in [0, 0.1) is 0 Å². The number of phenols is 1. The Bertz CT molecular complexity index is 722. The molecule has 5 nitrogen and oxygen atoms in total. The SMILES string of the molecule is O=S(=O)(c1ccccc1)N1CCN(c2ccc(O)cc2)CC1. The first-order valence-electron chi connectivity index (χ1n) is 7.16. The van der Waals surface area contributed by atoms with Crippen molar-refractivity contribution in [2.75, 3.05) is 31.1 Å². The molecule has 1 fully saturated rings. The Kier molecular flexibility index (Phi) is 4.04. The summed E-state index contributed by atoms with van der Waals surface area (Å²) in [6.07, 6.45) is 0. The number of phenolic OH excluding ortho intramolecular Hbond substituents is 1. The monoisotopic (exact) mass is 318 g/mol. The maximum atomic E-state index is 12.5. The number of hydrogen-bond donors (Lipinski definition) is 1. The number of sulfonamides is 1. The molecule has 0 bridgehead atoms. The van der Waals surface area contributed by atoms with Crippen LogP contribution in [0.25, 0.3) is 0 Å². The molecule has 0 amide bonds. The van der Waals surface area contributed by atoms with E-state index in [4.69, 9.17) is 0 Å². The molecular weight excluding hydrogens is 300 g/mol. The van der Waals surface area contributed by atoms with E-state index in [1.54, 1.807) is 36.4 Å². The molecule has 0 saturated carbocycles. The summed E-state index contributed by atoms with van der Waals surface area (Å²) < 4.78 is 26.6. The van der Waals surface area contributed by atoms with Crippen molar-refractivity contribution in [3.8, 4) is 5.75 Å². The zero-order valence-electron chi connectivity index (χ0n) is 12.1. The summed E-state index contributed by atoms with van der Waals surface area (Å²) in [7, 11) is -3.41. The molecule has 1 saturated heterocycles. The van der Waals surface area contributed by atoms with Crippen molar-refractivity contribution in [1.82, 2.24) is 4.31 Å². The van der Waals surface area contributed by atoms with Crippen LogP contribution < -0.4 is 4.90 Å². The van der Waals surface area contributed by atoms with Crippen molar-refractivity contribution in [3.05, 3.63) is 54.6 Å². The molecule has 1 aliphatic rings. The molecule has 22 heavy (non-hydrogen) atoms. The van der Waals surface area contributed by atoms with Crippen LogP contribution >= 0.6 is 0 Å². The smallest absolute Gasteiger partial charge is 0.243 e. The van der Waals surface area contributed by atoms with Gasteiger partial charge in [-0.05, 0) is 36.4 Å². The highest BCUT2D eigenvalue weighted by atomic mass is 32.2. The zero-order chi connectivity index (χ0) is 15.6. The first-order chi connectivity index (χ1) is 10.6. The molecule has 1 heterocycles. The summed E-state index contributed by atoms with van der Waals surface area (Å²) >= 11 is 0. The zero-order valence-corrected chi connectivity index (χ0v) is 12.9. The number of anilines is 1. The van der Waals surface area contributed by atoms with Crippen LogP contribution in [0.3, 0.4) is 0 Å². The fourth-order valence-corrected chi connectivity index (χ4v) is 4.03. The van der Waals surface area contributed by atoms with Crippen LogP contribution in [0.1, 0.15) is 0 Å². The molecule has 0 radical (unpaired) electrons. The second-order valence-electron chi connectivity index (χ2n) is 5.22. The van der Waals surface area contributed by atoms with Gasteiger partial charge in [0.05, 0.1) is 4.90 Å². The lowest BCUT2D eigenvalue weighted by molar-refractivity contribution is 0.385. The Balaban J connectivity index is 1.70. The Morgan fingerprint density at radius 1 is 0.818 bits per heavy atom. The van der Waals surface area contributed by atoms with Crippen molar-refractivity contribution >= 4 is 15.7 Å². The predicted octanol–water partition coefficient (Wildman–Crippen LogP) is 1.90. The van der Waals surface area contributed by atoms with Gasteiger partial charge in [-0.1, -0.05) is 18.2 Å². The Labute approximate surface area is 130 Å². The molecule has 2 aromatic carbocycles. The van der Waals surface area contributed by atoms with E-state index in [1.165, 1.54) is 4.31 Å². The van der Waals surface area contributed by atoms with Crippen LogP contribution in [-0.4, -0.2) is 44.0 Å². The van der Waals surface area contributed by atoms with E-state index in [0.717, 1.165) is 5.69 Å². The van der Waals surface area contributed by atoms with Crippen LogP contribution in [0.5, 0.6) is 5.75 Å². The van der Waals surface area contributed by atoms with Crippen LogP contribution in [0.4, 0.5) is 5.69 Å². The fourth-order valence-electron chi connectivity index (χ4n) is 2.59. The standard InChI is InChI=1S/C16H18N2O3S/c19-15-8-6-14(7-9-15)17-10-12-18(13-11-17)22(20,21)16-4-2-1-3-5-16/h1-9,19H,10-13H2. The summed E-state index contributed by atoms with van der Waals surface area (Å²) in [5.74, 6) is 0.231. The number of nitrogens with zero attached hydrogens (tertiary/aromatic N) is 2. The lowest BCUT2D eigenvalue weighted by atomic mass is 10.2. The van der Waals surface area contributed by atoms with Crippen LogP contribution in [0.15, 0.2) is 59.5 Å². The van der Waals surface area contributed by atoms with Gasteiger partial charge in [-0.3, -0.25) is 0 Å². The second kappa shape index (κ2) is 5.98. The first kappa shape index (κ1) is 14.9. The molecule has 1 N–H and O–H groups in total. The molecule has 1 aliphatic heterocycles. The van der Waals surface area contributed by atoms with Gasteiger partial charge in [-0.15, -0.1) is 0 Å². The predicted molar refractivity (Wildman–Crippen MR) is 85.5 cm³/mol. The minimum absolute atomic E-state index is 0.231. The van der Waals surface area contributed by atoms with E-state index in [9.17, 15) is 13.5 Å². The molecule has 3 rings (SSSR count). The third-order valence-electron chi connectivity index (χ3n) is 3.83. The lowest BCUT2D eigenvalue weighted by Crippen LogP contribution is -2.48. The first-order valence-corrected chi connectivity index (χ1v) is 8.60. The molecule has 0 atom stereocenters. The van der Waals surface area contributed by atoms with E-state index in [-0.39, 0.29) is 5.75 Å². The van der Waals surface area contributed by atoms with Crippen molar-refractivity contribution < 1.29 is 13.5 Å². The molecule has 2 aromatic rings. The molecular formula is C16H18N2O3S. The van der Waals surface area contributed by atoms with E-state index in [1.807, 2.05) is 18.2 Å². The van der Waals surface area contributed by atoms with Crippen LogP contribution in [-0.2, 0) is 10.0 Å². The third kappa shape index (κ3) is 2.93. The minimum atomic E-state index is -3.41. The normalized spacial score (nSPS) is 16.6. The number of benzene rings is 2. The summed E-state index contributed by atoms with van der Waals surface area (Å²) in [6, 6.07) is 15.5. The quantitative estimate of drug-likeness (QED) is 0.939. The minimum Gasteiger partial charge on any atom is -0.508 e. The van der Waals surface area contributed by atoms with Gasteiger partial charge >= 0.3 is 0 Å². The number of piperazine rings is 1. The van der Waals surface area contributed by atoms with Crippen molar-refractivity contribution in [2.24, 2.45) is 0 Å². The van der Waals surface area contributed by atoms with E-state index >= 15 is 0 Å². The highest BCUT2D eigenvalue weighted by molar-refractivity contribution is 7.89. The van der Waals surface area contributed by atoms with Gasteiger partial charge in [-0.2, -0.15) is 4.31 Å². The Morgan fingerprint density at radius 2 is 1.41 bits per heavy atom. The molecule has 0 unspecified atom stereocenters. The maximum Gasteiger partial charge on any atom is 0.243 e. The van der Waals surface area contributed by atoms with Gasteiger partial charge in [0.25, 0.3) is 0 Å². The van der Waals surface area contributed by atoms with Crippen molar-refractivity contribution in [2.45, 2.75) is 4.90 Å². The van der Waals surface area contributed by atoms with Gasteiger partial charge in [0.15, 0.2) is 0 Å². The Morgan fingerprint density at radius 3 is 2.00 bits per heavy atom. The molecule has 6 heteroatoms. The van der Waals surface area contributed by atoms with E-state index in [2.05, 4.69) is 4.90 Å². The van der Waals surface area contributed by atoms with Gasteiger partial charge < -0.3 is 10.0 Å². The largest absolute Gasteiger partial charge is 0.508 e. The maximum absolute atomic E-state index is 12.5. The molecule has 0 aliphatic carbocycles. The van der Waals surface area contributed by atoms with E-state index in [0.29, 0.717) is 31.1 Å². The lowest BCUT2D eigenvalue weighted by Gasteiger charge is -2.35. The van der Waals surface area contributed by atoms with Gasteiger partial charge in [0, 0.05) is 31.9 Å². The van der Waals surface area contributed by atoms with Crippen molar-refractivity contribution in [1.29, 1.82) is 0 Å². The van der Waals surface area contributed by atoms with Gasteiger partial charge in [0.1, 0.15) is 5.75 Å². The van der Waals surface area contributed by atoms with Crippen molar-refractivity contribution in [3.63, 3.8) is 0 Å². The summed E-state index contributed by atoms with van der Waals surface area (Å²) in [5, 5.41) is 9.32. The highest BCUT2D eigenvalue weighted by Gasteiger charge is 2.28. The van der Waals surface area contributed by atoms with Gasteiger partial charge in [-0.25, -0.2) is 8.42 Å². The molecule has 0 spiro atoms. The number of rotatable bonds is 3. The highest BCUT2D eigenvalue weighted by Crippen LogP contribution is 2.22. The van der Waals surface area contributed by atoms with E-state index < -0.39 is 10.0 Å². The summed E-state index contributed by atoms with van der Waals surface area (Å²) in [6.45, 7) is 2.18. The molecule has 0 aromatic heterocycles. The topological polar surface area (TPSA) is 60.9 Å². The summed E-state index contributed by atoms with van der Waals surface area (Å²) in [4.78, 5) is 2.46. The van der Waals surface area contributed by atoms with Gasteiger partial charge in [0.2, 0.25) is 10.0 Å². The fraction of sp³-hybridized carbons (Fsp3) is 0.250. The second-order valence-corrected chi connectivity index (χ2v) is 7.16. The number of aromatic hydroxyl groups is 1.